The van der Waals surface area contributed by atoms with E-state index in [1.807, 2.05) is 0 Å². The van der Waals surface area contributed by atoms with E-state index in [9.17, 15) is 18.9 Å². The SMILES string of the molecule is O=[N+]([O-])c1ccc(F)c(F)c1NCCc1ncn[nH]1. The van der Waals surface area contributed by atoms with Crippen LogP contribution in [-0.2, 0) is 6.42 Å². The van der Waals surface area contributed by atoms with Gasteiger partial charge in [0.1, 0.15) is 12.2 Å². The number of rotatable bonds is 5. The highest BCUT2D eigenvalue weighted by atomic mass is 19.2. The number of nitro benzene ring substituents is 1. The van der Waals surface area contributed by atoms with E-state index < -0.39 is 27.9 Å². The average molecular weight is 269 g/mol. The third-order valence-electron chi connectivity index (χ3n) is 2.40. The van der Waals surface area contributed by atoms with Gasteiger partial charge in [0.25, 0.3) is 5.69 Å². The van der Waals surface area contributed by atoms with Crippen molar-refractivity contribution in [2.75, 3.05) is 11.9 Å². The summed E-state index contributed by atoms with van der Waals surface area (Å²) in [7, 11) is 0. The lowest BCUT2D eigenvalue weighted by molar-refractivity contribution is -0.384. The van der Waals surface area contributed by atoms with Crippen molar-refractivity contribution in [2.45, 2.75) is 6.42 Å². The number of nitro groups is 1. The largest absolute Gasteiger partial charge is 0.377 e. The fraction of sp³-hybridized carbons (Fsp3) is 0.200. The highest BCUT2D eigenvalue weighted by molar-refractivity contribution is 5.62. The van der Waals surface area contributed by atoms with Crippen molar-refractivity contribution in [3.8, 4) is 0 Å². The molecule has 0 radical (unpaired) electrons. The summed E-state index contributed by atoms with van der Waals surface area (Å²) < 4.78 is 26.6. The molecule has 0 fully saturated rings. The zero-order chi connectivity index (χ0) is 13.8. The molecule has 7 nitrogen and oxygen atoms in total. The van der Waals surface area contributed by atoms with E-state index in [1.54, 1.807) is 0 Å². The minimum atomic E-state index is -1.27. The molecule has 0 atom stereocenters. The van der Waals surface area contributed by atoms with Gasteiger partial charge >= 0.3 is 0 Å². The number of aromatic nitrogens is 3. The Labute approximate surface area is 105 Å². The molecule has 0 aliphatic rings. The standard InChI is InChI=1S/C10H9F2N5O2/c11-6-1-2-7(17(18)19)10(9(6)12)13-4-3-8-14-5-15-16-8/h1-2,5,13H,3-4H2,(H,14,15,16). The number of nitrogens with one attached hydrogen (secondary N) is 2. The summed E-state index contributed by atoms with van der Waals surface area (Å²) in [6, 6.07) is 1.63. The van der Waals surface area contributed by atoms with Crippen LogP contribution in [0.5, 0.6) is 0 Å². The number of benzene rings is 1. The second kappa shape index (κ2) is 5.38. The van der Waals surface area contributed by atoms with Gasteiger partial charge in [0.05, 0.1) is 4.92 Å². The number of H-pyrrole nitrogens is 1. The molecule has 0 saturated heterocycles. The third kappa shape index (κ3) is 2.81. The molecule has 2 aromatic rings. The summed E-state index contributed by atoms with van der Waals surface area (Å²) in [5, 5.41) is 19.4. The van der Waals surface area contributed by atoms with Gasteiger partial charge < -0.3 is 5.32 Å². The molecule has 0 aliphatic carbocycles. The number of aromatic amines is 1. The van der Waals surface area contributed by atoms with Crippen LogP contribution in [0.3, 0.4) is 0 Å². The van der Waals surface area contributed by atoms with Gasteiger partial charge in [0.15, 0.2) is 17.3 Å². The number of hydrogen-bond acceptors (Lipinski definition) is 5. The molecule has 0 spiro atoms. The Balaban J connectivity index is 2.14. The highest BCUT2D eigenvalue weighted by Gasteiger charge is 2.21. The first-order chi connectivity index (χ1) is 9.09. The summed E-state index contributed by atoms with van der Waals surface area (Å²) in [5.41, 5.74) is -0.985. The third-order valence-corrected chi connectivity index (χ3v) is 2.40. The molecule has 0 saturated carbocycles. The molecule has 0 unspecified atom stereocenters. The van der Waals surface area contributed by atoms with Gasteiger partial charge in [-0.3, -0.25) is 15.2 Å². The maximum Gasteiger partial charge on any atom is 0.295 e. The lowest BCUT2D eigenvalue weighted by Gasteiger charge is -2.07. The van der Waals surface area contributed by atoms with Gasteiger partial charge in [0.2, 0.25) is 0 Å². The Morgan fingerprint density at radius 1 is 1.42 bits per heavy atom. The van der Waals surface area contributed by atoms with E-state index in [0.29, 0.717) is 12.2 Å². The molecule has 0 bridgehead atoms. The second-order valence-electron chi connectivity index (χ2n) is 3.62. The van der Waals surface area contributed by atoms with Gasteiger partial charge in [-0.2, -0.15) is 5.10 Å². The summed E-state index contributed by atoms with van der Waals surface area (Å²) >= 11 is 0. The first-order valence-electron chi connectivity index (χ1n) is 5.30. The Bertz CT molecular complexity index is 588. The van der Waals surface area contributed by atoms with Crippen molar-refractivity contribution in [3.05, 3.63) is 46.0 Å². The van der Waals surface area contributed by atoms with Crippen molar-refractivity contribution in [1.82, 2.24) is 15.2 Å². The zero-order valence-electron chi connectivity index (χ0n) is 9.56. The number of anilines is 1. The first kappa shape index (κ1) is 12.9. The molecule has 19 heavy (non-hydrogen) atoms. The van der Waals surface area contributed by atoms with Crippen LogP contribution in [0.25, 0.3) is 0 Å². The monoisotopic (exact) mass is 269 g/mol. The molecule has 2 rings (SSSR count). The number of halogens is 2. The molecule has 2 N–H and O–H groups in total. The molecule has 100 valence electrons. The van der Waals surface area contributed by atoms with Gasteiger partial charge in [-0.05, 0) is 6.07 Å². The molecule has 1 heterocycles. The van der Waals surface area contributed by atoms with Crippen molar-refractivity contribution < 1.29 is 13.7 Å². The Hall–Kier alpha value is -2.58. The van der Waals surface area contributed by atoms with E-state index in [-0.39, 0.29) is 6.54 Å². The van der Waals surface area contributed by atoms with Crippen LogP contribution in [0.2, 0.25) is 0 Å². The second-order valence-corrected chi connectivity index (χ2v) is 3.62. The summed E-state index contributed by atoms with van der Waals surface area (Å²) in [5.74, 6) is -1.88. The lowest BCUT2D eigenvalue weighted by Crippen LogP contribution is -2.10. The normalized spacial score (nSPS) is 10.4. The molecular formula is C10H9F2N5O2. The Kier molecular flexibility index (Phi) is 3.64. The van der Waals surface area contributed by atoms with Crippen LogP contribution >= 0.6 is 0 Å². The van der Waals surface area contributed by atoms with E-state index in [4.69, 9.17) is 0 Å². The molecule has 9 heteroatoms. The molecule has 0 aliphatic heterocycles. The Morgan fingerprint density at radius 3 is 2.84 bits per heavy atom. The fourth-order valence-corrected chi connectivity index (χ4v) is 1.52. The number of hydrogen-bond donors (Lipinski definition) is 2. The quantitative estimate of drug-likeness (QED) is 0.635. The Morgan fingerprint density at radius 2 is 2.21 bits per heavy atom. The van der Waals surface area contributed by atoms with E-state index in [0.717, 1.165) is 12.1 Å². The van der Waals surface area contributed by atoms with E-state index >= 15 is 0 Å². The molecule has 1 aromatic carbocycles. The van der Waals surface area contributed by atoms with Crippen molar-refractivity contribution in [3.63, 3.8) is 0 Å². The molecule has 0 amide bonds. The van der Waals surface area contributed by atoms with E-state index in [1.165, 1.54) is 6.33 Å². The van der Waals surface area contributed by atoms with Crippen LogP contribution in [-0.4, -0.2) is 26.6 Å². The first-order valence-corrected chi connectivity index (χ1v) is 5.30. The van der Waals surface area contributed by atoms with Gasteiger partial charge in [-0.25, -0.2) is 13.8 Å². The van der Waals surface area contributed by atoms with Crippen molar-refractivity contribution in [2.24, 2.45) is 0 Å². The lowest BCUT2D eigenvalue weighted by atomic mass is 10.2. The van der Waals surface area contributed by atoms with Gasteiger partial charge in [-0.15, -0.1) is 0 Å². The van der Waals surface area contributed by atoms with Crippen LogP contribution in [0.4, 0.5) is 20.2 Å². The minimum Gasteiger partial charge on any atom is -0.377 e. The van der Waals surface area contributed by atoms with Crippen LogP contribution < -0.4 is 5.32 Å². The molecular weight excluding hydrogens is 260 g/mol. The van der Waals surface area contributed by atoms with Crippen LogP contribution in [0, 0.1) is 21.7 Å². The van der Waals surface area contributed by atoms with Crippen LogP contribution in [0.15, 0.2) is 18.5 Å². The van der Waals surface area contributed by atoms with Crippen molar-refractivity contribution in [1.29, 1.82) is 0 Å². The minimum absolute atomic E-state index is 0.149. The van der Waals surface area contributed by atoms with E-state index in [2.05, 4.69) is 20.5 Å². The zero-order valence-corrected chi connectivity index (χ0v) is 9.56. The summed E-state index contributed by atoms with van der Waals surface area (Å²) in [4.78, 5) is 13.8. The highest BCUT2D eigenvalue weighted by Crippen LogP contribution is 2.28. The van der Waals surface area contributed by atoms with Gasteiger partial charge in [0, 0.05) is 19.0 Å². The van der Waals surface area contributed by atoms with Gasteiger partial charge in [-0.1, -0.05) is 0 Å². The predicted molar refractivity (Wildman–Crippen MR) is 61.6 cm³/mol. The summed E-state index contributed by atoms with van der Waals surface area (Å²) in [6.45, 7) is 0.149. The maximum atomic E-state index is 13.5. The van der Waals surface area contributed by atoms with Crippen molar-refractivity contribution >= 4 is 11.4 Å². The molecule has 1 aromatic heterocycles. The maximum absolute atomic E-state index is 13.5. The predicted octanol–water partition coefficient (Wildman–Crippen LogP) is 1.65. The summed E-state index contributed by atoms with van der Waals surface area (Å²) in [6.07, 6.45) is 1.65. The number of nitrogens with zero attached hydrogens (tertiary/aromatic N) is 3. The van der Waals surface area contributed by atoms with Crippen LogP contribution in [0.1, 0.15) is 5.82 Å². The smallest absolute Gasteiger partial charge is 0.295 e. The fourth-order valence-electron chi connectivity index (χ4n) is 1.52. The average Bonchev–Trinajstić information content (AvgIpc) is 2.87. The topological polar surface area (TPSA) is 96.7 Å².